The van der Waals surface area contributed by atoms with Crippen LogP contribution in [0.1, 0.15) is 11.7 Å². The molecule has 2 atom stereocenters. The maximum absolute atomic E-state index is 12.4. The van der Waals surface area contributed by atoms with Crippen molar-refractivity contribution in [1.82, 2.24) is 0 Å². The van der Waals surface area contributed by atoms with E-state index in [0.717, 1.165) is 5.56 Å². The molecule has 0 bridgehead atoms. The highest BCUT2D eigenvalue weighted by Crippen LogP contribution is 2.37. The lowest BCUT2D eigenvalue weighted by Gasteiger charge is -1.92. The molecule has 1 heterocycles. The smallest absolute Gasteiger partial charge is 0.175 e. The number of nitriles is 1. The average molecular weight is 163 g/mol. The van der Waals surface area contributed by atoms with E-state index in [0.29, 0.717) is 0 Å². The standard InChI is InChI=1S/C9H6FNO/c10-7-3-1-6(2-4-7)9-8(5-11)12-9/h1-4,8-9H. The molecule has 1 aliphatic heterocycles. The van der Waals surface area contributed by atoms with Gasteiger partial charge in [0.1, 0.15) is 11.9 Å². The van der Waals surface area contributed by atoms with Crippen LogP contribution in [0.2, 0.25) is 0 Å². The fourth-order valence-corrected chi connectivity index (χ4v) is 1.12. The van der Waals surface area contributed by atoms with Crippen LogP contribution >= 0.6 is 0 Å². The van der Waals surface area contributed by atoms with E-state index in [-0.39, 0.29) is 18.0 Å². The van der Waals surface area contributed by atoms with Crippen LogP contribution in [0.15, 0.2) is 24.3 Å². The minimum atomic E-state index is -0.338. The summed E-state index contributed by atoms with van der Waals surface area (Å²) in [5.74, 6) is -0.270. The number of benzene rings is 1. The maximum atomic E-state index is 12.4. The molecule has 0 spiro atoms. The van der Waals surface area contributed by atoms with Gasteiger partial charge in [-0.2, -0.15) is 5.26 Å². The van der Waals surface area contributed by atoms with Crippen LogP contribution in [0.5, 0.6) is 0 Å². The second-order valence-electron chi connectivity index (χ2n) is 2.66. The van der Waals surface area contributed by atoms with Crippen molar-refractivity contribution in [3.8, 4) is 6.07 Å². The number of epoxide rings is 1. The number of rotatable bonds is 1. The highest BCUT2D eigenvalue weighted by molar-refractivity contribution is 5.25. The molecule has 60 valence electrons. The predicted octanol–water partition coefficient (Wildman–Crippen LogP) is 1.79. The second kappa shape index (κ2) is 2.58. The predicted molar refractivity (Wildman–Crippen MR) is 39.6 cm³/mol. The molecule has 1 saturated heterocycles. The summed E-state index contributed by atoms with van der Waals surface area (Å²) in [5.41, 5.74) is 0.864. The van der Waals surface area contributed by atoms with Crippen LogP contribution in [0.4, 0.5) is 4.39 Å². The molecule has 2 rings (SSSR count). The molecule has 0 N–H and O–H groups in total. The summed E-state index contributed by atoms with van der Waals surface area (Å²) in [5, 5.41) is 8.44. The average Bonchev–Trinajstić information content (AvgIpc) is 2.85. The van der Waals surface area contributed by atoms with Gasteiger partial charge < -0.3 is 4.74 Å². The zero-order valence-electron chi connectivity index (χ0n) is 6.20. The van der Waals surface area contributed by atoms with E-state index < -0.39 is 0 Å². The molecular formula is C9H6FNO. The van der Waals surface area contributed by atoms with Gasteiger partial charge in [0.15, 0.2) is 6.10 Å². The summed E-state index contributed by atoms with van der Waals surface area (Å²) in [6.45, 7) is 0. The van der Waals surface area contributed by atoms with E-state index in [9.17, 15) is 4.39 Å². The Hall–Kier alpha value is -1.40. The summed E-state index contributed by atoms with van der Waals surface area (Å²) in [4.78, 5) is 0. The molecule has 1 aliphatic rings. The first-order valence-electron chi connectivity index (χ1n) is 3.62. The molecule has 12 heavy (non-hydrogen) atoms. The fraction of sp³-hybridized carbons (Fsp3) is 0.222. The molecular weight excluding hydrogens is 157 g/mol. The summed E-state index contributed by atoms with van der Waals surface area (Å²) in [6, 6.07) is 7.99. The number of ether oxygens (including phenoxy) is 1. The lowest BCUT2D eigenvalue weighted by molar-refractivity contribution is 0.396. The van der Waals surface area contributed by atoms with Crippen molar-refractivity contribution in [2.45, 2.75) is 12.2 Å². The van der Waals surface area contributed by atoms with Gasteiger partial charge in [-0.1, -0.05) is 12.1 Å². The summed E-state index contributed by atoms with van der Waals surface area (Å²) in [6.07, 6.45) is -0.480. The highest BCUT2D eigenvalue weighted by atomic mass is 19.1. The van der Waals surface area contributed by atoms with E-state index in [4.69, 9.17) is 10.00 Å². The summed E-state index contributed by atoms with van der Waals surface area (Å²) < 4.78 is 17.5. The fourth-order valence-electron chi connectivity index (χ4n) is 1.12. The van der Waals surface area contributed by atoms with Crippen LogP contribution in [-0.4, -0.2) is 6.10 Å². The van der Waals surface area contributed by atoms with Crippen molar-refractivity contribution < 1.29 is 9.13 Å². The van der Waals surface area contributed by atoms with Crippen molar-refractivity contribution in [2.75, 3.05) is 0 Å². The summed E-state index contributed by atoms with van der Waals surface area (Å²) >= 11 is 0. The molecule has 0 aromatic heterocycles. The second-order valence-corrected chi connectivity index (χ2v) is 2.66. The summed E-state index contributed by atoms with van der Waals surface area (Å²) in [7, 11) is 0. The first kappa shape index (κ1) is 7.26. The molecule has 0 amide bonds. The van der Waals surface area contributed by atoms with Gasteiger partial charge in [-0.15, -0.1) is 0 Å². The SMILES string of the molecule is N#CC1OC1c1ccc(F)cc1. The van der Waals surface area contributed by atoms with Crippen LogP contribution in [-0.2, 0) is 4.74 Å². The third-order valence-electron chi connectivity index (χ3n) is 1.82. The van der Waals surface area contributed by atoms with Gasteiger partial charge in [0.25, 0.3) is 0 Å². The minimum absolute atomic E-state index is 0.143. The lowest BCUT2D eigenvalue weighted by atomic mass is 10.1. The number of nitrogens with zero attached hydrogens (tertiary/aromatic N) is 1. The zero-order chi connectivity index (χ0) is 8.55. The van der Waals surface area contributed by atoms with Crippen LogP contribution < -0.4 is 0 Å². The molecule has 1 aromatic carbocycles. The molecule has 0 saturated carbocycles. The molecule has 1 fully saturated rings. The van der Waals surface area contributed by atoms with Crippen molar-refractivity contribution in [2.24, 2.45) is 0 Å². The largest absolute Gasteiger partial charge is 0.348 e. The van der Waals surface area contributed by atoms with Gasteiger partial charge in [0, 0.05) is 0 Å². The molecule has 0 radical (unpaired) electrons. The van der Waals surface area contributed by atoms with Crippen molar-refractivity contribution >= 4 is 0 Å². The Bertz CT molecular complexity index is 327. The highest BCUT2D eigenvalue weighted by Gasteiger charge is 2.40. The first-order chi connectivity index (χ1) is 5.81. The first-order valence-corrected chi connectivity index (χ1v) is 3.62. The van der Waals surface area contributed by atoms with E-state index in [2.05, 4.69) is 0 Å². The van der Waals surface area contributed by atoms with Gasteiger partial charge in [-0.25, -0.2) is 4.39 Å². The normalized spacial score (nSPS) is 26.3. The zero-order valence-corrected chi connectivity index (χ0v) is 6.20. The van der Waals surface area contributed by atoms with Crippen molar-refractivity contribution in [1.29, 1.82) is 5.26 Å². The topological polar surface area (TPSA) is 36.3 Å². The number of hydrogen-bond donors (Lipinski definition) is 0. The Morgan fingerprint density at radius 2 is 2.00 bits per heavy atom. The Balaban J connectivity index is 2.17. The Kier molecular flexibility index (Phi) is 1.56. The van der Waals surface area contributed by atoms with Crippen molar-refractivity contribution in [3.05, 3.63) is 35.6 Å². The van der Waals surface area contributed by atoms with E-state index in [1.807, 2.05) is 6.07 Å². The van der Waals surface area contributed by atoms with Gasteiger partial charge in [0.2, 0.25) is 0 Å². The third-order valence-corrected chi connectivity index (χ3v) is 1.82. The van der Waals surface area contributed by atoms with Crippen LogP contribution in [0.25, 0.3) is 0 Å². The van der Waals surface area contributed by atoms with Gasteiger partial charge in [-0.05, 0) is 17.7 Å². The quantitative estimate of drug-likeness (QED) is 0.592. The Labute approximate surface area is 69.2 Å². The minimum Gasteiger partial charge on any atom is -0.348 e. The van der Waals surface area contributed by atoms with Gasteiger partial charge in [-0.3, -0.25) is 0 Å². The van der Waals surface area contributed by atoms with Crippen LogP contribution in [0.3, 0.4) is 0 Å². The Morgan fingerprint density at radius 3 is 2.50 bits per heavy atom. The van der Waals surface area contributed by atoms with Gasteiger partial charge in [0.05, 0.1) is 6.07 Å². The van der Waals surface area contributed by atoms with E-state index >= 15 is 0 Å². The van der Waals surface area contributed by atoms with Crippen LogP contribution in [0, 0.1) is 17.1 Å². The molecule has 3 heteroatoms. The van der Waals surface area contributed by atoms with E-state index in [1.54, 1.807) is 12.1 Å². The lowest BCUT2D eigenvalue weighted by Crippen LogP contribution is -1.84. The van der Waals surface area contributed by atoms with Gasteiger partial charge >= 0.3 is 0 Å². The molecule has 2 unspecified atom stereocenters. The number of hydrogen-bond acceptors (Lipinski definition) is 2. The maximum Gasteiger partial charge on any atom is 0.175 e. The van der Waals surface area contributed by atoms with Crippen molar-refractivity contribution in [3.63, 3.8) is 0 Å². The molecule has 2 nitrogen and oxygen atoms in total. The molecule has 1 aromatic rings. The Morgan fingerprint density at radius 1 is 1.33 bits per heavy atom. The number of halogens is 1. The molecule has 0 aliphatic carbocycles. The third kappa shape index (κ3) is 1.17. The monoisotopic (exact) mass is 163 g/mol. The van der Waals surface area contributed by atoms with E-state index in [1.165, 1.54) is 12.1 Å².